The number of nitrogens with zero attached hydrogens (tertiary/aromatic N) is 5. The van der Waals surface area contributed by atoms with E-state index in [0.29, 0.717) is 44.9 Å². The number of anilines is 1. The fourth-order valence-corrected chi connectivity index (χ4v) is 5.14. The highest BCUT2D eigenvalue weighted by Gasteiger charge is 2.38. The van der Waals surface area contributed by atoms with Crippen LogP contribution in [0.4, 0.5) is 5.69 Å². The van der Waals surface area contributed by atoms with Crippen molar-refractivity contribution in [1.82, 2.24) is 19.2 Å². The lowest BCUT2D eigenvalue weighted by molar-refractivity contribution is -0.137. The summed E-state index contributed by atoms with van der Waals surface area (Å²) in [6, 6.07) is 15.3. The van der Waals surface area contributed by atoms with Gasteiger partial charge in [0, 0.05) is 63.6 Å². The Morgan fingerprint density at radius 2 is 1.81 bits per heavy atom. The molecule has 0 aliphatic carbocycles. The molecule has 0 spiro atoms. The molecule has 1 atom stereocenters. The van der Waals surface area contributed by atoms with E-state index in [0.717, 1.165) is 30.6 Å². The van der Waals surface area contributed by atoms with Gasteiger partial charge in [-0.2, -0.15) is 0 Å². The van der Waals surface area contributed by atoms with Gasteiger partial charge in [-0.25, -0.2) is 4.98 Å². The van der Waals surface area contributed by atoms with Crippen LogP contribution in [0.2, 0.25) is 0 Å². The van der Waals surface area contributed by atoms with Gasteiger partial charge in [0.25, 0.3) is 5.56 Å². The van der Waals surface area contributed by atoms with Crippen LogP contribution in [0, 0.1) is 5.92 Å². The number of piperazine rings is 1. The van der Waals surface area contributed by atoms with Crippen molar-refractivity contribution in [3.63, 3.8) is 0 Å². The fraction of sp³-hybridized carbons (Fsp3) is 0.429. The van der Waals surface area contributed by atoms with Crippen LogP contribution in [0.1, 0.15) is 37.4 Å². The average Bonchev–Trinajstić information content (AvgIpc) is 3.29. The first-order valence-electron chi connectivity index (χ1n) is 12.9. The first-order valence-corrected chi connectivity index (χ1v) is 12.9. The number of pyridine rings is 1. The molecule has 0 radical (unpaired) electrons. The molecule has 2 aromatic heterocycles. The predicted molar refractivity (Wildman–Crippen MR) is 139 cm³/mol. The SMILES string of the molecule is CCCCc1ccc(N2CC(C(=O)N3CCN(Cc4cc(=O)n5ccccc5n4)CC3)CC2=O)cc1. The van der Waals surface area contributed by atoms with Gasteiger partial charge in [-0.1, -0.05) is 31.5 Å². The normalized spacial score (nSPS) is 18.8. The molecule has 0 saturated carbocycles. The molecule has 2 aliphatic heterocycles. The van der Waals surface area contributed by atoms with Crippen LogP contribution in [0.15, 0.2) is 59.5 Å². The Morgan fingerprint density at radius 1 is 1.03 bits per heavy atom. The smallest absolute Gasteiger partial charge is 0.258 e. The first-order chi connectivity index (χ1) is 17.5. The molecule has 1 unspecified atom stereocenters. The molecule has 36 heavy (non-hydrogen) atoms. The maximum absolute atomic E-state index is 13.2. The Morgan fingerprint density at radius 3 is 2.56 bits per heavy atom. The number of carbonyl (C=O) groups excluding carboxylic acids is 2. The van der Waals surface area contributed by atoms with Crippen molar-refractivity contribution in [2.75, 3.05) is 37.6 Å². The van der Waals surface area contributed by atoms with Gasteiger partial charge in [0.05, 0.1) is 11.6 Å². The number of benzene rings is 1. The van der Waals surface area contributed by atoms with E-state index in [1.54, 1.807) is 17.2 Å². The van der Waals surface area contributed by atoms with Gasteiger partial charge in [-0.05, 0) is 42.7 Å². The van der Waals surface area contributed by atoms with Gasteiger partial charge in [0.1, 0.15) is 5.65 Å². The number of unbranched alkanes of at least 4 members (excludes halogenated alkanes) is 1. The van der Waals surface area contributed by atoms with Crippen molar-refractivity contribution in [2.24, 2.45) is 5.92 Å². The summed E-state index contributed by atoms with van der Waals surface area (Å²) in [4.78, 5) is 48.8. The van der Waals surface area contributed by atoms with Gasteiger partial charge < -0.3 is 9.80 Å². The van der Waals surface area contributed by atoms with Crippen molar-refractivity contribution in [1.29, 1.82) is 0 Å². The van der Waals surface area contributed by atoms with Crippen LogP contribution in [0.5, 0.6) is 0 Å². The molecule has 188 valence electrons. The lowest BCUT2D eigenvalue weighted by atomic mass is 10.1. The van der Waals surface area contributed by atoms with Gasteiger partial charge in [0.15, 0.2) is 0 Å². The van der Waals surface area contributed by atoms with E-state index in [1.807, 2.05) is 35.2 Å². The van der Waals surface area contributed by atoms with Crippen LogP contribution < -0.4 is 10.5 Å². The molecule has 8 heteroatoms. The molecule has 1 aromatic carbocycles. The second-order valence-corrected chi connectivity index (χ2v) is 9.79. The highest BCUT2D eigenvalue weighted by molar-refractivity contribution is 6.00. The number of hydrogen-bond donors (Lipinski definition) is 0. The van der Waals surface area contributed by atoms with E-state index in [4.69, 9.17) is 0 Å². The third kappa shape index (κ3) is 5.18. The zero-order chi connectivity index (χ0) is 25.1. The minimum absolute atomic E-state index is 0.0157. The molecule has 2 amide bonds. The zero-order valence-corrected chi connectivity index (χ0v) is 20.8. The highest BCUT2D eigenvalue weighted by Crippen LogP contribution is 2.27. The van der Waals surface area contributed by atoms with Crippen molar-refractivity contribution >= 4 is 23.1 Å². The molecular formula is C28H33N5O3. The van der Waals surface area contributed by atoms with Crippen molar-refractivity contribution in [2.45, 2.75) is 39.2 Å². The second-order valence-electron chi connectivity index (χ2n) is 9.79. The summed E-state index contributed by atoms with van der Waals surface area (Å²) in [5.74, 6) is -0.222. The van der Waals surface area contributed by atoms with Crippen LogP contribution in [-0.2, 0) is 22.6 Å². The number of aromatic nitrogens is 2. The summed E-state index contributed by atoms with van der Waals surface area (Å²) in [6.07, 6.45) is 5.35. The van der Waals surface area contributed by atoms with Crippen LogP contribution in [-0.4, -0.2) is 63.7 Å². The number of aryl methyl sites for hydroxylation is 1. The molecule has 2 saturated heterocycles. The molecule has 0 bridgehead atoms. The van der Waals surface area contributed by atoms with Gasteiger partial charge in [-0.3, -0.25) is 23.7 Å². The van der Waals surface area contributed by atoms with Gasteiger partial charge >= 0.3 is 0 Å². The number of rotatable bonds is 7. The fourth-order valence-electron chi connectivity index (χ4n) is 5.14. The molecule has 4 heterocycles. The number of amides is 2. The first kappa shape index (κ1) is 24.2. The quantitative estimate of drug-likeness (QED) is 0.512. The summed E-state index contributed by atoms with van der Waals surface area (Å²) in [5.41, 5.74) is 3.44. The lowest BCUT2D eigenvalue weighted by Crippen LogP contribution is -2.50. The van der Waals surface area contributed by atoms with E-state index in [9.17, 15) is 14.4 Å². The van der Waals surface area contributed by atoms with Crippen molar-refractivity contribution in [3.05, 3.63) is 76.3 Å². The van der Waals surface area contributed by atoms with Crippen molar-refractivity contribution < 1.29 is 9.59 Å². The Hall–Kier alpha value is -3.52. The zero-order valence-electron chi connectivity index (χ0n) is 20.8. The van der Waals surface area contributed by atoms with E-state index in [-0.39, 0.29) is 29.7 Å². The van der Waals surface area contributed by atoms with Gasteiger partial charge in [0.2, 0.25) is 11.8 Å². The third-order valence-electron chi connectivity index (χ3n) is 7.23. The van der Waals surface area contributed by atoms with E-state index >= 15 is 0 Å². The van der Waals surface area contributed by atoms with Crippen LogP contribution >= 0.6 is 0 Å². The topological polar surface area (TPSA) is 78.2 Å². The predicted octanol–water partition coefficient (Wildman–Crippen LogP) is 2.73. The Kier molecular flexibility index (Phi) is 7.13. The lowest BCUT2D eigenvalue weighted by Gasteiger charge is -2.35. The van der Waals surface area contributed by atoms with E-state index in [2.05, 4.69) is 28.9 Å². The molecule has 2 aliphatic rings. The molecule has 3 aromatic rings. The Bertz CT molecular complexity index is 1290. The van der Waals surface area contributed by atoms with E-state index < -0.39 is 0 Å². The average molecular weight is 488 g/mol. The van der Waals surface area contributed by atoms with Gasteiger partial charge in [-0.15, -0.1) is 0 Å². The molecular weight excluding hydrogens is 454 g/mol. The number of carbonyl (C=O) groups is 2. The largest absolute Gasteiger partial charge is 0.340 e. The third-order valence-corrected chi connectivity index (χ3v) is 7.23. The molecule has 8 nitrogen and oxygen atoms in total. The summed E-state index contributed by atoms with van der Waals surface area (Å²) in [7, 11) is 0. The minimum atomic E-state index is -0.300. The maximum Gasteiger partial charge on any atom is 0.258 e. The second kappa shape index (κ2) is 10.6. The minimum Gasteiger partial charge on any atom is -0.340 e. The maximum atomic E-state index is 13.2. The standard InChI is InChI=1S/C28H33N5O3/c1-2-3-6-21-8-10-24(11-9-21)33-19-22(17-26(33)34)28(36)31-15-13-30(14-16-31)20-23-18-27(35)32-12-5-4-7-25(32)29-23/h4-5,7-12,18,22H,2-3,6,13-17,19-20H2,1H3. The highest BCUT2D eigenvalue weighted by atomic mass is 16.2. The monoisotopic (exact) mass is 487 g/mol. The summed E-state index contributed by atoms with van der Waals surface area (Å²) >= 11 is 0. The van der Waals surface area contributed by atoms with Crippen molar-refractivity contribution in [3.8, 4) is 0 Å². The molecule has 0 N–H and O–H groups in total. The molecule has 5 rings (SSSR count). The number of fused-ring (bicyclic) bond motifs is 1. The summed E-state index contributed by atoms with van der Waals surface area (Å²) in [5, 5.41) is 0. The Labute approximate surface area is 211 Å². The summed E-state index contributed by atoms with van der Waals surface area (Å²) in [6.45, 7) is 5.85. The van der Waals surface area contributed by atoms with E-state index in [1.165, 1.54) is 9.96 Å². The molecule has 2 fully saturated rings. The summed E-state index contributed by atoms with van der Waals surface area (Å²) < 4.78 is 1.53. The van der Waals surface area contributed by atoms with Crippen LogP contribution in [0.25, 0.3) is 5.65 Å². The number of hydrogen-bond acceptors (Lipinski definition) is 5. The Balaban J connectivity index is 1.15. The van der Waals surface area contributed by atoms with Crippen LogP contribution in [0.3, 0.4) is 0 Å².